The zero-order valence-electron chi connectivity index (χ0n) is 12.9. The van der Waals surface area contributed by atoms with Crippen LogP contribution in [0, 0.1) is 0 Å². The van der Waals surface area contributed by atoms with Crippen LogP contribution in [0.2, 0.25) is 0 Å². The number of carbonyl (C=O) groups is 1. The number of aryl methyl sites for hydroxylation is 1. The molecular formula is C17H26N2O2. The molecule has 0 saturated carbocycles. The largest absolute Gasteiger partial charge is 0.497 e. The molecule has 0 atom stereocenters. The summed E-state index contributed by atoms with van der Waals surface area (Å²) in [4.78, 5) is 14.0. The van der Waals surface area contributed by atoms with Gasteiger partial charge in [0.05, 0.1) is 7.11 Å². The second-order valence-corrected chi connectivity index (χ2v) is 5.54. The van der Waals surface area contributed by atoms with Gasteiger partial charge in [-0.05, 0) is 37.0 Å². The molecule has 1 aliphatic heterocycles. The molecule has 1 fully saturated rings. The maximum Gasteiger partial charge on any atom is 0.222 e. The standard InChI is InChI=1S/C17H26N2O2/c1-21-16-9-7-15(8-10-16)5-3-2-4-6-17(20)19-13-11-18-12-14-19/h7-10,18H,2-6,11-14H2,1H3. The molecule has 0 aliphatic carbocycles. The van der Waals surface area contributed by atoms with Crippen LogP contribution < -0.4 is 10.1 Å². The van der Waals surface area contributed by atoms with E-state index in [1.54, 1.807) is 7.11 Å². The monoisotopic (exact) mass is 290 g/mol. The smallest absolute Gasteiger partial charge is 0.222 e. The Morgan fingerprint density at radius 3 is 2.52 bits per heavy atom. The quantitative estimate of drug-likeness (QED) is 0.783. The third kappa shape index (κ3) is 5.38. The summed E-state index contributed by atoms with van der Waals surface area (Å²) in [6.07, 6.45) is 5.03. The van der Waals surface area contributed by atoms with Gasteiger partial charge in [0.25, 0.3) is 0 Å². The van der Waals surface area contributed by atoms with Gasteiger partial charge in [-0.25, -0.2) is 0 Å². The van der Waals surface area contributed by atoms with Crippen LogP contribution in [0.3, 0.4) is 0 Å². The highest BCUT2D eigenvalue weighted by Crippen LogP contribution is 2.14. The van der Waals surface area contributed by atoms with Gasteiger partial charge in [-0.2, -0.15) is 0 Å². The van der Waals surface area contributed by atoms with Gasteiger partial charge in [0.15, 0.2) is 0 Å². The third-order valence-electron chi connectivity index (χ3n) is 3.98. The summed E-state index contributed by atoms with van der Waals surface area (Å²) in [6.45, 7) is 3.60. The third-order valence-corrected chi connectivity index (χ3v) is 3.98. The van der Waals surface area contributed by atoms with Crippen LogP contribution in [-0.2, 0) is 11.2 Å². The average molecular weight is 290 g/mol. The minimum absolute atomic E-state index is 0.320. The van der Waals surface area contributed by atoms with E-state index in [9.17, 15) is 4.79 Å². The van der Waals surface area contributed by atoms with E-state index in [0.717, 1.165) is 57.6 Å². The van der Waals surface area contributed by atoms with Gasteiger partial charge < -0.3 is 15.0 Å². The first kappa shape index (κ1) is 15.8. The number of ether oxygens (including phenoxy) is 1. The maximum atomic E-state index is 12.0. The molecule has 21 heavy (non-hydrogen) atoms. The molecule has 1 amide bonds. The molecule has 0 spiro atoms. The first-order chi connectivity index (χ1) is 10.3. The predicted molar refractivity (Wildman–Crippen MR) is 84.6 cm³/mol. The fraction of sp³-hybridized carbons (Fsp3) is 0.588. The number of piperazine rings is 1. The molecule has 116 valence electrons. The van der Waals surface area contributed by atoms with Gasteiger partial charge in [0.1, 0.15) is 5.75 Å². The average Bonchev–Trinajstić information content (AvgIpc) is 2.55. The second kappa shape index (κ2) is 8.67. The van der Waals surface area contributed by atoms with Gasteiger partial charge in [-0.3, -0.25) is 4.79 Å². The van der Waals surface area contributed by atoms with Crippen molar-refractivity contribution in [3.8, 4) is 5.75 Å². The molecule has 0 bridgehead atoms. The van der Waals surface area contributed by atoms with Gasteiger partial charge in [-0.15, -0.1) is 0 Å². The second-order valence-electron chi connectivity index (χ2n) is 5.54. The number of methoxy groups -OCH3 is 1. The Bertz CT molecular complexity index is 425. The molecule has 1 aromatic rings. The Labute approximate surface area is 127 Å². The summed E-state index contributed by atoms with van der Waals surface area (Å²) in [6, 6.07) is 8.24. The highest BCUT2D eigenvalue weighted by molar-refractivity contribution is 5.76. The Balaban J connectivity index is 1.57. The number of rotatable bonds is 7. The number of nitrogens with one attached hydrogen (secondary N) is 1. The SMILES string of the molecule is COc1ccc(CCCCCC(=O)N2CCNCC2)cc1. The van der Waals surface area contributed by atoms with Crippen molar-refractivity contribution in [3.63, 3.8) is 0 Å². The molecule has 2 rings (SSSR count). The van der Waals surface area contributed by atoms with E-state index in [1.165, 1.54) is 5.56 Å². The number of unbranched alkanes of at least 4 members (excludes halogenated alkanes) is 2. The Morgan fingerprint density at radius 1 is 1.14 bits per heavy atom. The van der Waals surface area contributed by atoms with E-state index < -0.39 is 0 Å². The van der Waals surface area contributed by atoms with E-state index in [0.29, 0.717) is 12.3 Å². The number of hydrogen-bond donors (Lipinski definition) is 1. The summed E-state index contributed by atoms with van der Waals surface area (Å²) in [5.41, 5.74) is 1.34. The molecule has 0 aromatic heterocycles. The lowest BCUT2D eigenvalue weighted by molar-refractivity contribution is -0.131. The maximum absolute atomic E-state index is 12.0. The van der Waals surface area contributed by atoms with Crippen LogP contribution >= 0.6 is 0 Å². The fourth-order valence-corrected chi connectivity index (χ4v) is 2.65. The molecule has 4 heteroatoms. The van der Waals surface area contributed by atoms with E-state index >= 15 is 0 Å². The lowest BCUT2D eigenvalue weighted by atomic mass is 10.1. The molecule has 0 unspecified atom stereocenters. The van der Waals surface area contributed by atoms with Crippen LogP contribution in [-0.4, -0.2) is 44.1 Å². The minimum Gasteiger partial charge on any atom is -0.497 e. The van der Waals surface area contributed by atoms with Gasteiger partial charge in [-0.1, -0.05) is 18.6 Å². The highest BCUT2D eigenvalue weighted by atomic mass is 16.5. The van der Waals surface area contributed by atoms with Crippen LogP contribution in [0.1, 0.15) is 31.2 Å². The topological polar surface area (TPSA) is 41.6 Å². The van der Waals surface area contributed by atoms with Crippen molar-refractivity contribution < 1.29 is 9.53 Å². The van der Waals surface area contributed by atoms with Crippen molar-refractivity contribution in [2.75, 3.05) is 33.3 Å². The zero-order valence-corrected chi connectivity index (χ0v) is 12.9. The van der Waals surface area contributed by atoms with Crippen LogP contribution in [0.15, 0.2) is 24.3 Å². The number of nitrogens with zero attached hydrogens (tertiary/aromatic N) is 1. The summed E-state index contributed by atoms with van der Waals surface area (Å²) in [7, 11) is 1.68. The lowest BCUT2D eigenvalue weighted by Gasteiger charge is -2.27. The van der Waals surface area contributed by atoms with Crippen molar-refractivity contribution in [2.45, 2.75) is 32.1 Å². The van der Waals surface area contributed by atoms with E-state index in [1.807, 2.05) is 17.0 Å². The zero-order chi connectivity index (χ0) is 14.9. The van der Waals surface area contributed by atoms with Gasteiger partial charge >= 0.3 is 0 Å². The molecule has 1 N–H and O–H groups in total. The van der Waals surface area contributed by atoms with Crippen molar-refractivity contribution in [1.29, 1.82) is 0 Å². The van der Waals surface area contributed by atoms with Gasteiger partial charge in [0, 0.05) is 32.6 Å². The lowest BCUT2D eigenvalue weighted by Crippen LogP contribution is -2.46. The normalized spacial score (nSPS) is 15.0. The first-order valence-corrected chi connectivity index (χ1v) is 7.91. The van der Waals surface area contributed by atoms with Crippen molar-refractivity contribution >= 4 is 5.91 Å². The van der Waals surface area contributed by atoms with Crippen molar-refractivity contribution in [1.82, 2.24) is 10.2 Å². The van der Waals surface area contributed by atoms with E-state index in [-0.39, 0.29) is 0 Å². The molecule has 1 saturated heterocycles. The highest BCUT2D eigenvalue weighted by Gasteiger charge is 2.14. The Kier molecular flexibility index (Phi) is 6.54. The molecule has 1 aromatic carbocycles. The minimum atomic E-state index is 0.320. The van der Waals surface area contributed by atoms with Crippen LogP contribution in [0.4, 0.5) is 0 Å². The molecule has 1 heterocycles. The molecule has 0 radical (unpaired) electrons. The summed E-state index contributed by atoms with van der Waals surface area (Å²) in [5.74, 6) is 1.22. The number of hydrogen-bond acceptors (Lipinski definition) is 3. The van der Waals surface area contributed by atoms with Crippen molar-refractivity contribution in [2.24, 2.45) is 0 Å². The Hall–Kier alpha value is -1.55. The van der Waals surface area contributed by atoms with E-state index in [2.05, 4.69) is 17.4 Å². The number of amides is 1. The number of carbonyl (C=O) groups excluding carboxylic acids is 1. The summed E-state index contributed by atoms with van der Waals surface area (Å²) < 4.78 is 5.15. The Morgan fingerprint density at radius 2 is 1.86 bits per heavy atom. The first-order valence-electron chi connectivity index (χ1n) is 7.91. The van der Waals surface area contributed by atoms with Crippen LogP contribution in [0.5, 0.6) is 5.75 Å². The van der Waals surface area contributed by atoms with Crippen LogP contribution in [0.25, 0.3) is 0 Å². The predicted octanol–water partition coefficient (Wildman–Crippen LogP) is 2.23. The van der Waals surface area contributed by atoms with Gasteiger partial charge in [0.2, 0.25) is 5.91 Å². The number of benzene rings is 1. The summed E-state index contributed by atoms with van der Waals surface area (Å²) in [5, 5.41) is 3.27. The van der Waals surface area contributed by atoms with E-state index in [4.69, 9.17) is 4.74 Å². The summed E-state index contributed by atoms with van der Waals surface area (Å²) >= 11 is 0. The molecule has 1 aliphatic rings. The van der Waals surface area contributed by atoms with Crippen molar-refractivity contribution in [3.05, 3.63) is 29.8 Å². The fourth-order valence-electron chi connectivity index (χ4n) is 2.65. The molecule has 4 nitrogen and oxygen atoms in total. The molecular weight excluding hydrogens is 264 g/mol.